The largest absolute Gasteiger partial charge is 0.490 e. The van der Waals surface area contributed by atoms with Crippen molar-refractivity contribution < 1.29 is 18.7 Å². The summed E-state index contributed by atoms with van der Waals surface area (Å²) in [5, 5.41) is 2.85. The minimum Gasteiger partial charge on any atom is -0.490 e. The Morgan fingerprint density at radius 3 is 2.71 bits per heavy atom. The first-order chi connectivity index (χ1) is 11.7. The molecule has 0 aromatic heterocycles. The molecule has 2 aromatic rings. The lowest BCUT2D eigenvalue weighted by atomic mass is 10.1. The Bertz CT molecular complexity index is 718. The first kappa shape index (κ1) is 16.3. The number of carbonyl (C=O) groups is 1. The van der Waals surface area contributed by atoms with Crippen molar-refractivity contribution in [3.63, 3.8) is 0 Å². The van der Waals surface area contributed by atoms with Gasteiger partial charge in [0.1, 0.15) is 5.82 Å². The number of hydrogen-bond donors (Lipinski definition) is 1. The average molecular weight is 329 g/mol. The summed E-state index contributed by atoms with van der Waals surface area (Å²) in [5.41, 5.74) is 1.50. The van der Waals surface area contributed by atoms with Crippen molar-refractivity contribution in [3.8, 4) is 11.5 Å². The number of ether oxygens (including phenoxy) is 2. The standard InChI is InChI=1S/C19H20FNO3/c20-16-5-2-1-4-15(16)7-9-19(22)21-13-14-6-8-17-18(12-14)24-11-3-10-23-17/h1-2,4-6,8,12H,3,7,9-11,13H2,(H,21,22). The van der Waals surface area contributed by atoms with E-state index in [1.54, 1.807) is 18.2 Å². The maximum absolute atomic E-state index is 13.5. The monoisotopic (exact) mass is 329 g/mol. The Kier molecular flexibility index (Phi) is 5.31. The van der Waals surface area contributed by atoms with E-state index >= 15 is 0 Å². The highest BCUT2D eigenvalue weighted by molar-refractivity contribution is 5.76. The molecule has 126 valence electrons. The maximum Gasteiger partial charge on any atom is 0.220 e. The van der Waals surface area contributed by atoms with Crippen LogP contribution in [0.25, 0.3) is 0 Å². The lowest BCUT2D eigenvalue weighted by Gasteiger charge is -2.10. The Hall–Kier alpha value is -2.56. The van der Waals surface area contributed by atoms with Crippen LogP contribution in [-0.4, -0.2) is 19.1 Å². The third-order valence-corrected chi connectivity index (χ3v) is 3.88. The highest BCUT2D eigenvalue weighted by Gasteiger charge is 2.11. The molecule has 0 unspecified atom stereocenters. The fourth-order valence-corrected chi connectivity index (χ4v) is 2.56. The van der Waals surface area contributed by atoms with E-state index in [0.717, 1.165) is 17.7 Å². The van der Waals surface area contributed by atoms with Gasteiger partial charge >= 0.3 is 0 Å². The van der Waals surface area contributed by atoms with E-state index in [-0.39, 0.29) is 18.1 Å². The van der Waals surface area contributed by atoms with Crippen LogP contribution >= 0.6 is 0 Å². The van der Waals surface area contributed by atoms with Crippen molar-refractivity contribution >= 4 is 5.91 Å². The summed E-state index contributed by atoms with van der Waals surface area (Å²) in [6.45, 7) is 1.69. The predicted molar refractivity (Wildman–Crippen MR) is 88.6 cm³/mol. The summed E-state index contributed by atoms with van der Waals surface area (Å²) in [6, 6.07) is 12.2. The van der Waals surface area contributed by atoms with Crippen molar-refractivity contribution in [3.05, 3.63) is 59.4 Å². The summed E-state index contributed by atoms with van der Waals surface area (Å²) in [6.07, 6.45) is 1.50. The van der Waals surface area contributed by atoms with Gasteiger partial charge in [0.15, 0.2) is 11.5 Å². The van der Waals surface area contributed by atoms with Gasteiger partial charge in [0, 0.05) is 19.4 Å². The molecule has 0 atom stereocenters. The number of aryl methyl sites for hydroxylation is 1. The number of halogens is 1. The Morgan fingerprint density at radius 1 is 1.08 bits per heavy atom. The third-order valence-electron chi connectivity index (χ3n) is 3.88. The highest BCUT2D eigenvalue weighted by atomic mass is 19.1. The van der Waals surface area contributed by atoms with Crippen LogP contribution in [0.15, 0.2) is 42.5 Å². The van der Waals surface area contributed by atoms with Crippen LogP contribution in [0.2, 0.25) is 0 Å². The number of carbonyl (C=O) groups excluding carboxylic acids is 1. The minimum absolute atomic E-state index is 0.106. The van der Waals surface area contributed by atoms with Gasteiger partial charge in [-0.25, -0.2) is 4.39 Å². The smallest absolute Gasteiger partial charge is 0.220 e. The SMILES string of the molecule is O=C(CCc1ccccc1F)NCc1ccc2c(c1)OCCCO2. The Balaban J connectivity index is 1.51. The molecule has 0 saturated heterocycles. The van der Waals surface area contributed by atoms with Crippen LogP contribution in [0, 0.1) is 5.82 Å². The molecule has 0 aliphatic carbocycles. The molecule has 4 nitrogen and oxygen atoms in total. The van der Waals surface area contributed by atoms with Gasteiger partial charge < -0.3 is 14.8 Å². The summed E-state index contributed by atoms with van der Waals surface area (Å²) in [4.78, 5) is 12.0. The molecule has 1 aliphatic heterocycles. The number of fused-ring (bicyclic) bond motifs is 1. The number of amides is 1. The van der Waals surface area contributed by atoms with E-state index in [4.69, 9.17) is 9.47 Å². The molecule has 2 aromatic carbocycles. The van der Waals surface area contributed by atoms with Crippen LogP contribution in [0.5, 0.6) is 11.5 Å². The summed E-state index contributed by atoms with van der Waals surface area (Å²) < 4.78 is 24.7. The van der Waals surface area contributed by atoms with E-state index < -0.39 is 0 Å². The van der Waals surface area contributed by atoms with Gasteiger partial charge in [0.2, 0.25) is 5.91 Å². The van der Waals surface area contributed by atoms with E-state index in [2.05, 4.69) is 5.32 Å². The van der Waals surface area contributed by atoms with Gasteiger partial charge in [-0.3, -0.25) is 4.79 Å². The Morgan fingerprint density at radius 2 is 1.88 bits per heavy atom. The van der Waals surface area contributed by atoms with Crippen molar-refractivity contribution in [1.82, 2.24) is 5.32 Å². The molecule has 1 heterocycles. The van der Waals surface area contributed by atoms with Gasteiger partial charge in [-0.1, -0.05) is 24.3 Å². The number of nitrogens with one attached hydrogen (secondary N) is 1. The summed E-state index contributed by atoms with van der Waals surface area (Å²) in [7, 11) is 0. The van der Waals surface area contributed by atoms with Crippen molar-refractivity contribution in [2.45, 2.75) is 25.8 Å². The maximum atomic E-state index is 13.5. The second kappa shape index (κ2) is 7.81. The average Bonchev–Trinajstić information content (AvgIpc) is 2.84. The number of hydrogen-bond acceptors (Lipinski definition) is 3. The quantitative estimate of drug-likeness (QED) is 0.916. The first-order valence-electron chi connectivity index (χ1n) is 8.11. The zero-order chi connectivity index (χ0) is 16.8. The van der Waals surface area contributed by atoms with Crippen LogP contribution in [0.1, 0.15) is 24.0 Å². The zero-order valence-corrected chi connectivity index (χ0v) is 13.4. The molecule has 1 N–H and O–H groups in total. The predicted octanol–water partition coefficient (Wildman–Crippen LogP) is 3.24. The van der Waals surface area contributed by atoms with E-state index in [1.165, 1.54) is 6.07 Å². The molecule has 1 aliphatic rings. The van der Waals surface area contributed by atoms with Gasteiger partial charge in [0.25, 0.3) is 0 Å². The van der Waals surface area contributed by atoms with E-state index in [0.29, 0.717) is 37.5 Å². The fourth-order valence-electron chi connectivity index (χ4n) is 2.56. The van der Waals surface area contributed by atoms with Crippen molar-refractivity contribution in [1.29, 1.82) is 0 Å². The fraction of sp³-hybridized carbons (Fsp3) is 0.316. The summed E-state index contributed by atoms with van der Waals surface area (Å²) >= 11 is 0. The Labute approximate surface area is 140 Å². The molecule has 5 heteroatoms. The topological polar surface area (TPSA) is 47.6 Å². The molecule has 0 fully saturated rings. The third kappa shape index (κ3) is 4.25. The lowest BCUT2D eigenvalue weighted by Crippen LogP contribution is -2.23. The van der Waals surface area contributed by atoms with Crippen LogP contribution in [0.3, 0.4) is 0 Å². The lowest BCUT2D eigenvalue weighted by molar-refractivity contribution is -0.121. The zero-order valence-electron chi connectivity index (χ0n) is 13.4. The van der Waals surface area contributed by atoms with Crippen LogP contribution in [0.4, 0.5) is 4.39 Å². The molecular weight excluding hydrogens is 309 g/mol. The number of rotatable bonds is 5. The number of benzene rings is 2. The first-order valence-corrected chi connectivity index (χ1v) is 8.11. The van der Waals surface area contributed by atoms with Gasteiger partial charge in [-0.2, -0.15) is 0 Å². The van der Waals surface area contributed by atoms with Gasteiger partial charge in [0.05, 0.1) is 13.2 Å². The molecule has 1 amide bonds. The van der Waals surface area contributed by atoms with Crippen molar-refractivity contribution in [2.75, 3.05) is 13.2 Å². The van der Waals surface area contributed by atoms with Crippen LogP contribution in [-0.2, 0) is 17.8 Å². The molecule has 0 radical (unpaired) electrons. The van der Waals surface area contributed by atoms with Gasteiger partial charge in [-0.15, -0.1) is 0 Å². The van der Waals surface area contributed by atoms with Crippen LogP contribution < -0.4 is 14.8 Å². The minimum atomic E-state index is -0.270. The normalized spacial score (nSPS) is 13.2. The second-order valence-electron chi connectivity index (χ2n) is 5.70. The molecular formula is C19H20FNO3. The van der Waals surface area contributed by atoms with Gasteiger partial charge in [-0.05, 0) is 35.7 Å². The molecule has 24 heavy (non-hydrogen) atoms. The molecule has 0 bridgehead atoms. The highest BCUT2D eigenvalue weighted by Crippen LogP contribution is 2.30. The van der Waals surface area contributed by atoms with E-state index in [1.807, 2.05) is 18.2 Å². The second-order valence-corrected chi connectivity index (χ2v) is 5.70. The molecule has 0 spiro atoms. The molecule has 0 saturated carbocycles. The van der Waals surface area contributed by atoms with Crippen molar-refractivity contribution in [2.24, 2.45) is 0 Å². The van der Waals surface area contributed by atoms with E-state index in [9.17, 15) is 9.18 Å². The summed E-state index contributed by atoms with van der Waals surface area (Å²) in [5.74, 6) is 1.08. The molecule has 3 rings (SSSR count).